The van der Waals surface area contributed by atoms with Crippen LogP contribution in [0.5, 0.6) is 0 Å². The van der Waals surface area contributed by atoms with E-state index in [1.807, 2.05) is 6.07 Å². The minimum Gasteiger partial charge on any atom is -0.366 e. The van der Waals surface area contributed by atoms with Crippen molar-refractivity contribution in [2.75, 3.05) is 0 Å². The van der Waals surface area contributed by atoms with Gasteiger partial charge in [0.1, 0.15) is 24.3 Å². The summed E-state index contributed by atoms with van der Waals surface area (Å²) in [5, 5.41) is 17.8. The summed E-state index contributed by atoms with van der Waals surface area (Å²) in [5.74, 6) is 0.873. The van der Waals surface area contributed by atoms with E-state index < -0.39 is 0 Å². The number of fused-ring (bicyclic) bond motifs is 1. The van der Waals surface area contributed by atoms with E-state index in [1.54, 1.807) is 0 Å². The molecule has 0 spiro atoms. The first-order chi connectivity index (χ1) is 22.8. The number of rotatable bonds is 6. The largest absolute Gasteiger partial charge is 0.366 e. The third kappa shape index (κ3) is 5.58. The van der Waals surface area contributed by atoms with Gasteiger partial charge in [-0.2, -0.15) is 0 Å². The second-order valence-corrected chi connectivity index (χ2v) is 11.8. The number of hydrogen-bond acceptors (Lipinski definition) is 5. The summed E-state index contributed by atoms with van der Waals surface area (Å²) in [6.07, 6.45) is 1.82. The fraction of sp³-hybridized carbons (Fsp3) is 0.0976. The SMILES string of the molecule is C1=C(c2ccccc2)NC(c2ccccc2)NC1c1ccc2ccccc2c1C1NC(c2ccccc2)=NC(c2ccccc2)N1. The highest BCUT2D eigenvalue weighted by Gasteiger charge is 2.32. The maximum absolute atomic E-state index is 5.18. The van der Waals surface area contributed by atoms with Crippen molar-refractivity contribution in [2.45, 2.75) is 24.5 Å². The number of nitrogens with zero attached hydrogens (tertiary/aromatic N) is 1. The van der Waals surface area contributed by atoms with Gasteiger partial charge in [0.05, 0.1) is 6.04 Å². The first-order valence-corrected chi connectivity index (χ1v) is 15.9. The predicted octanol–water partition coefficient (Wildman–Crippen LogP) is 8.15. The van der Waals surface area contributed by atoms with Crippen molar-refractivity contribution in [3.63, 3.8) is 0 Å². The molecule has 0 radical (unpaired) electrons. The van der Waals surface area contributed by atoms with E-state index in [0.29, 0.717) is 0 Å². The summed E-state index contributed by atoms with van der Waals surface area (Å²) in [6, 6.07) is 55.2. The predicted molar refractivity (Wildman–Crippen MR) is 188 cm³/mol. The fourth-order valence-electron chi connectivity index (χ4n) is 6.60. The Morgan fingerprint density at radius 2 is 1.09 bits per heavy atom. The van der Waals surface area contributed by atoms with Gasteiger partial charge in [0.2, 0.25) is 0 Å². The molecule has 2 aliphatic heterocycles. The van der Waals surface area contributed by atoms with Crippen LogP contribution in [0.25, 0.3) is 16.5 Å². The van der Waals surface area contributed by atoms with E-state index in [9.17, 15) is 0 Å². The van der Waals surface area contributed by atoms with Crippen LogP contribution >= 0.6 is 0 Å². The number of hydrogen-bond donors (Lipinski definition) is 4. The third-order valence-electron chi connectivity index (χ3n) is 8.85. The quantitative estimate of drug-likeness (QED) is 0.157. The van der Waals surface area contributed by atoms with Crippen LogP contribution in [0, 0.1) is 0 Å². The zero-order chi connectivity index (χ0) is 30.7. The molecule has 0 saturated carbocycles. The summed E-state index contributed by atoms with van der Waals surface area (Å²) in [7, 11) is 0. The average molecular weight is 598 g/mol. The standard InChI is InChI=1S/C41H35N5/c1-5-16-29(17-6-1)35-27-36(43-38(42-35)30-18-7-2-8-19-30)34-26-25-28-15-13-14-24-33(28)37(34)41-45-39(31-20-9-3-10-21-31)44-40(46-41)32-22-11-4-12-23-32/h1-27,36,38-39,41-43,45H,(H,44,46). The van der Waals surface area contributed by atoms with Crippen molar-refractivity contribution in [3.8, 4) is 0 Å². The smallest absolute Gasteiger partial charge is 0.131 e. The van der Waals surface area contributed by atoms with Gasteiger partial charge in [0.15, 0.2) is 0 Å². The Morgan fingerprint density at radius 3 is 1.80 bits per heavy atom. The lowest BCUT2D eigenvalue weighted by atomic mass is 9.89. The van der Waals surface area contributed by atoms with Crippen LogP contribution in [-0.4, -0.2) is 5.84 Å². The van der Waals surface area contributed by atoms with Crippen LogP contribution in [0.4, 0.5) is 0 Å². The molecule has 2 heterocycles. The molecule has 2 aliphatic rings. The zero-order valence-electron chi connectivity index (χ0n) is 25.3. The van der Waals surface area contributed by atoms with Crippen molar-refractivity contribution in [3.05, 3.63) is 197 Å². The molecule has 0 saturated heterocycles. The van der Waals surface area contributed by atoms with Crippen molar-refractivity contribution in [2.24, 2.45) is 4.99 Å². The molecule has 6 aromatic carbocycles. The Hall–Kier alpha value is -5.49. The first-order valence-electron chi connectivity index (χ1n) is 15.9. The third-order valence-corrected chi connectivity index (χ3v) is 8.85. The van der Waals surface area contributed by atoms with E-state index in [4.69, 9.17) is 4.99 Å². The molecule has 0 fully saturated rings. The van der Waals surface area contributed by atoms with Crippen LogP contribution in [0.15, 0.2) is 169 Å². The normalized spacial score (nSPS) is 21.0. The second kappa shape index (κ2) is 12.5. The highest BCUT2D eigenvalue weighted by molar-refractivity contribution is 6.00. The Labute approximate surface area is 269 Å². The van der Waals surface area contributed by atoms with E-state index in [0.717, 1.165) is 28.2 Å². The monoisotopic (exact) mass is 597 g/mol. The van der Waals surface area contributed by atoms with E-state index in [1.165, 1.54) is 27.5 Å². The molecule has 4 N–H and O–H groups in total. The molecule has 0 aromatic heterocycles. The maximum Gasteiger partial charge on any atom is 0.131 e. The van der Waals surface area contributed by atoms with Crippen molar-refractivity contribution in [1.29, 1.82) is 0 Å². The van der Waals surface area contributed by atoms with Crippen molar-refractivity contribution < 1.29 is 0 Å². The van der Waals surface area contributed by atoms with Gasteiger partial charge in [-0.1, -0.05) is 158 Å². The fourth-order valence-corrected chi connectivity index (χ4v) is 6.60. The van der Waals surface area contributed by atoms with Crippen molar-refractivity contribution >= 4 is 22.3 Å². The highest BCUT2D eigenvalue weighted by Crippen LogP contribution is 2.38. The second-order valence-electron chi connectivity index (χ2n) is 11.8. The molecule has 224 valence electrons. The molecule has 4 atom stereocenters. The van der Waals surface area contributed by atoms with E-state index >= 15 is 0 Å². The van der Waals surface area contributed by atoms with Gasteiger partial charge in [-0.05, 0) is 39.1 Å². The topological polar surface area (TPSA) is 60.5 Å². The summed E-state index contributed by atoms with van der Waals surface area (Å²) >= 11 is 0. The molecule has 46 heavy (non-hydrogen) atoms. The maximum atomic E-state index is 5.18. The summed E-state index contributed by atoms with van der Waals surface area (Å²) in [4.78, 5) is 5.18. The lowest BCUT2D eigenvalue weighted by Gasteiger charge is -2.37. The van der Waals surface area contributed by atoms with Crippen LogP contribution in [0.1, 0.15) is 57.9 Å². The van der Waals surface area contributed by atoms with Gasteiger partial charge in [0.25, 0.3) is 0 Å². The van der Waals surface area contributed by atoms with Gasteiger partial charge in [0, 0.05) is 16.8 Å². The molecule has 0 bridgehead atoms. The minimum atomic E-state index is -0.219. The number of amidine groups is 1. The Kier molecular flexibility index (Phi) is 7.60. The number of nitrogens with one attached hydrogen (secondary N) is 4. The van der Waals surface area contributed by atoms with Crippen LogP contribution in [-0.2, 0) is 0 Å². The molecule has 5 nitrogen and oxygen atoms in total. The van der Waals surface area contributed by atoms with Gasteiger partial charge in [-0.15, -0.1) is 0 Å². The summed E-state index contributed by atoms with van der Waals surface area (Å²) in [6.45, 7) is 0. The van der Waals surface area contributed by atoms with Gasteiger partial charge in [-0.25, -0.2) is 4.99 Å². The molecule has 5 heteroatoms. The highest BCUT2D eigenvalue weighted by atomic mass is 15.3. The number of benzene rings is 6. The zero-order valence-corrected chi connectivity index (χ0v) is 25.3. The summed E-state index contributed by atoms with van der Waals surface area (Å²) in [5.41, 5.74) is 8.06. The minimum absolute atomic E-state index is 0.0703. The molecule has 0 aliphatic carbocycles. The van der Waals surface area contributed by atoms with Crippen LogP contribution < -0.4 is 21.3 Å². The van der Waals surface area contributed by atoms with Gasteiger partial charge >= 0.3 is 0 Å². The lowest BCUT2D eigenvalue weighted by molar-refractivity contribution is 0.400. The summed E-state index contributed by atoms with van der Waals surface area (Å²) < 4.78 is 0. The molecule has 4 unspecified atom stereocenters. The van der Waals surface area contributed by atoms with Crippen LogP contribution in [0.2, 0.25) is 0 Å². The molecular weight excluding hydrogens is 562 g/mol. The molecule has 0 amide bonds. The van der Waals surface area contributed by atoms with Crippen molar-refractivity contribution in [1.82, 2.24) is 21.3 Å². The first kappa shape index (κ1) is 28.0. The van der Waals surface area contributed by atoms with E-state index in [2.05, 4.69) is 179 Å². The molecular formula is C41H35N5. The van der Waals surface area contributed by atoms with Gasteiger partial charge in [-0.3, -0.25) is 10.6 Å². The lowest BCUT2D eigenvalue weighted by Crippen LogP contribution is -2.46. The van der Waals surface area contributed by atoms with Crippen LogP contribution in [0.3, 0.4) is 0 Å². The Morgan fingerprint density at radius 1 is 0.478 bits per heavy atom. The molecule has 6 aromatic rings. The average Bonchev–Trinajstić information content (AvgIpc) is 3.15. The number of aliphatic imine (C=N–C) groups is 1. The molecule has 8 rings (SSSR count). The Bertz CT molecular complexity index is 2010. The van der Waals surface area contributed by atoms with E-state index in [-0.39, 0.29) is 24.5 Å². The Balaban J connectivity index is 1.28. The van der Waals surface area contributed by atoms with Gasteiger partial charge < -0.3 is 10.6 Å².